The van der Waals surface area contributed by atoms with Gasteiger partial charge in [0.05, 0.1) is 17.4 Å². The average molecular weight is 427 g/mol. The summed E-state index contributed by atoms with van der Waals surface area (Å²) >= 11 is 0. The Balaban J connectivity index is 1.32. The summed E-state index contributed by atoms with van der Waals surface area (Å²) in [5.74, 6) is -0.0118. The van der Waals surface area contributed by atoms with Gasteiger partial charge in [0.2, 0.25) is 5.91 Å². The van der Waals surface area contributed by atoms with Crippen LogP contribution in [0, 0.1) is 0 Å². The maximum absolute atomic E-state index is 13.1. The number of amides is 1. The third-order valence-electron chi connectivity index (χ3n) is 4.99. The van der Waals surface area contributed by atoms with Gasteiger partial charge >= 0.3 is 6.18 Å². The second-order valence-corrected chi connectivity index (χ2v) is 7.33. The summed E-state index contributed by atoms with van der Waals surface area (Å²) in [6.45, 7) is -0.0395. The molecule has 31 heavy (non-hydrogen) atoms. The van der Waals surface area contributed by atoms with Crippen molar-refractivity contribution >= 4 is 22.6 Å². The van der Waals surface area contributed by atoms with Crippen LogP contribution in [0.2, 0.25) is 0 Å². The van der Waals surface area contributed by atoms with Gasteiger partial charge < -0.3 is 5.32 Å². The fourth-order valence-corrected chi connectivity index (χ4v) is 3.34. The van der Waals surface area contributed by atoms with Gasteiger partial charge in [0.25, 0.3) is 0 Å². The molecule has 5 rings (SSSR count). The predicted molar refractivity (Wildman–Crippen MR) is 104 cm³/mol. The Bertz CT molecular complexity index is 1260. The first-order valence-electron chi connectivity index (χ1n) is 9.60. The number of anilines is 1. The minimum absolute atomic E-state index is 0.0395. The Labute approximate surface area is 173 Å². The van der Waals surface area contributed by atoms with Crippen molar-refractivity contribution in [2.45, 2.75) is 31.5 Å². The van der Waals surface area contributed by atoms with Crippen molar-refractivity contribution in [1.82, 2.24) is 29.8 Å². The normalized spacial score (nSPS) is 14.2. The number of nitrogens with one attached hydrogen (secondary N) is 1. The van der Waals surface area contributed by atoms with E-state index in [2.05, 4.69) is 25.7 Å². The lowest BCUT2D eigenvalue weighted by Gasteiger charge is -2.08. The number of carbonyl (C=O) groups is 1. The maximum Gasteiger partial charge on any atom is 0.435 e. The number of pyridine rings is 1. The van der Waals surface area contributed by atoms with Crippen LogP contribution >= 0.6 is 0 Å². The fraction of sp³-hybridized carbons (Fsp3) is 0.250. The monoisotopic (exact) mass is 427 g/mol. The summed E-state index contributed by atoms with van der Waals surface area (Å²) in [6, 6.07) is 11.5. The molecule has 3 heterocycles. The molecule has 3 aromatic heterocycles. The molecule has 0 atom stereocenters. The van der Waals surface area contributed by atoms with Gasteiger partial charge in [-0.1, -0.05) is 17.3 Å². The van der Waals surface area contributed by atoms with Crippen molar-refractivity contribution in [3.63, 3.8) is 0 Å². The molecule has 1 aromatic carbocycles. The second kappa shape index (κ2) is 7.18. The van der Waals surface area contributed by atoms with E-state index in [-0.39, 0.29) is 24.2 Å². The summed E-state index contributed by atoms with van der Waals surface area (Å²) < 4.78 is 42.0. The molecule has 0 unspecified atom stereocenters. The Morgan fingerprint density at radius 3 is 2.68 bits per heavy atom. The number of aromatic nitrogens is 6. The van der Waals surface area contributed by atoms with Crippen LogP contribution in [0.3, 0.4) is 0 Å². The molecule has 0 saturated heterocycles. The van der Waals surface area contributed by atoms with Crippen LogP contribution in [-0.2, 0) is 17.5 Å². The molecular formula is C20H16F3N7O. The van der Waals surface area contributed by atoms with Gasteiger partial charge in [0, 0.05) is 11.6 Å². The topological polar surface area (TPSA) is 90.5 Å². The van der Waals surface area contributed by atoms with Gasteiger partial charge in [-0.15, -0.1) is 5.10 Å². The molecular weight excluding hydrogens is 411 g/mol. The number of rotatable bonds is 5. The molecule has 1 aliphatic rings. The molecule has 8 nitrogen and oxygen atoms in total. The summed E-state index contributed by atoms with van der Waals surface area (Å²) in [7, 11) is 0. The van der Waals surface area contributed by atoms with Gasteiger partial charge in [0.1, 0.15) is 12.1 Å². The van der Waals surface area contributed by atoms with E-state index in [1.807, 2.05) is 18.2 Å². The highest BCUT2D eigenvalue weighted by molar-refractivity contribution is 5.91. The predicted octanol–water partition coefficient (Wildman–Crippen LogP) is 3.55. The van der Waals surface area contributed by atoms with E-state index in [1.165, 1.54) is 21.6 Å². The van der Waals surface area contributed by atoms with E-state index in [4.69, 9.17) is 0 Å². The molecule has 11 heteroatoms. The minimum Gasteiger partial charge on any atom is -0.323 e. The largest absolute Gasteiger partial charge is 0.435 e. The Hall–Kier alpha value is -3.76. The summed E-state index contributed by atoms with van der Waals surface area (Å²) in [5.41, 5.74) is 1.39. The van der Waals surface area contributed by atoms with E-state index >= 15 is 0 Å². The number of benzene rings is 1. The van der Waals surface area contributed by atoms with E-state index in [1.54, 1.807) is 12.1 Å². The van der Waals surface area contributed by atoms with Crippen molar-refractivity contribution in [3.05, 3.63) is 60.0 Å². The highest BCUT2D eigenvalue weighted by Crippen LogP contribution is 2.42. The van der Waals surface area contributed by atoms with E-state index < -0.39 is 11.9 Å². The lowest BCUT2D eigenvalue weighted by atomic mass is 10.2. The highest BCUT2D eigenvalue weighted by atomic mass is 19.4. The number of hydrogen-bond acceptors (Lipinski definition) is 5. The fourth-order valence-electron chi connectivity index (χ4n) is 3.34. The van der Waals surface area contributed by atoms with Gasteiger partial charge in [-0.25, -0.2) is 14.3 Å². The van der Waals surface area contributed by atoms with Crippen LogP contribution in [0.15, 0.2) is 48.7 Å². The van der Waals surface area contributed by atoms with E-state index in [0.717, 1.165) is 24.4 Å². The number of nitrogens with zero attached hydrogens (tertiary/aromatic N) is 6. The second-order valence-electron chi connectivity index (χ2n) is 7.33. The van der Waals surface area contributed by atoms with E-state index in [0.29, 0.717) is 16.9 Å². The molecule has 0 radical (unpaired) electrons. The van der Waals surface area contributed by atoms with Gasteiger partial charge in [-0.3, -0.25) is 4.79 Å². The molecule has 1 N–H and O–H groups in total. The zero-order valence-electron chi connectivity index (χ0n) is 16.0. The van der Waals surface area contributed by atoms with Gasteiger partial charge in [-0.05, 0) is 43.2 Å². The zero-order valence-corrected chi connectivity index (χ0v) is 16.0. The van der Waals surface area contributed by atoms with Crippen LogP contribution in [0.5, 0.6) is 0 Å². The molecule has 0 spiro atoms. The minimum atomic E-state index is -4.52. The number of hydrogen-bond donors (Lipinski definition) is 1. The van der Waals surface area contributed by atoms with Crippen LogP contribution in [0.25, 0.3) is 16.9 Å². The van der Waals surface area contributed by atoms with Crippen molar-refractivity contribution in [3.8, 4) is 5.82 Å². The number of carbonyl (C=O) groups excluding carboxylic acids is 1. The number of para-hydroxylation sites is 1. The summed E-state index contributed by atoms with van der Waals surface area (Å²) in [6.07, 6.45) is -1.48. The Morgan fingerprint density at radius 2 is 1.97 bits per heavy atom. The first kappa shape index (κ1) is 19.2. The molecule has 0 aliphatic heterocycles. The van der Waals surface area contributed by atoms with Crippen molar-refractivity contribution in [2.75, 3.05) is 5.32 Å². The Morgan fingerprint density at radius 1 is 1.16 bits per heavy atom. The Kier molecular flexibility index (Phi) is 4.45. The zero-order chi connectivity index (χ0) is 21.6. The molecule has 158 valence electrons. The number of halogens is 3. The molecule has 1 aliphatic carbocycles. The summed E-state index contributed by atoms with van der Waals surface area (Å²) in [4.78, 5) is 16.6. The molecule has 0 bridgehead atoms. The SMILES string of the molecule is O=C(Cn1nnc2ccccc21)Nc1ccc(-n2nc(C(F)(F)F)cc2C2CC2)nc1. The lowest BCUT2D eigenvalue weighted by Crippen LogP contribution is -2.19. The molecule has 1 amide bonds. The molecule has 1 saturated carbocycles. The number of fused-ring (bicyclic) bond motifs is 1. The third-order valence-corrected chi connectivity index (χ3v) is 4.99. The maximum atomic E-state index is 13.1. The van der Waals surface area contributed by atoms with Crippen molar-refractivity contribution in [2.24, 2.45) is 0 Å². The first-order chi connectivity index (χ1) is 14.9. The quantitative estimate of drug-likeness (QED) is 0.526. The first-order valence-corrected chi connectivity index (χ1v) is 9.60. The van der Waals surface area contributed by atoms with Gasteiger partial charge in [-0.2, -0.15) is 18.3 Å². The van der Waals surface area contributed by atoms with Crippen molar-refractivity contribution in [1.29, 1.82) is 0 Å². The molecule has 4 aromatic rings. The number of alkyl halides is 3. The van der Waals surface area contributed by atoms with Crippen LogP contribution < -0.4 is 5.32 Å². The van der Waals surface area contributed by atoms with Crippen LogP contribution in [0.1, 0.15) is 30.1 Å². The van der Waals surface area contributed by atoms with E-state index in [9.17, 15) is 18.0 Å². The molecule has 1 fully saturated rings. The van der Waals surface area contributed by atoms with Crippen LogP contribution in [0.4, 0.5) is 18.9 Å². The third kappa shape index (κ3) is 3.86. The van der Waals surface area contributed by atoms with Crippen LogP contribution in [-0.4, -0.2) is 35.7 Å². The van der Waals surface area contributed by atoms with Crippen molar-refractivity contribution < 1.29 is 18.0 Å². The van der Waals surface area contributed by atoms with Gasteiger partial charge in [0.15, 0.2) is 11.5 Å². The highest BCUT2D eigenvalue weighted by Gasteiger charge is 2.38. The smallest absolute Gasteiger partial charge is 0.323 e. The average Bonchev–Trinajstić information content (AvgIpc) is 3.35. The standard InChI is InChI=1S/C20H16F3N7O/c21-20(22,23)17-9-16(12-5-6-12)30(27-17)18-8-7-13(10-24-18)25-19(31)11-29-15-4-2-1-3-14(15)26-28-29/h1-4,7-10,12H,5-6,11H2,(H,25,31). The lowest BCUT2D eigenvalue weighted by molar-refractivity contribution is -0.141. The summed E-state index contributed by atoms with van der Waals surface area (Å²) in [5, 5.41) is 14.4.